The van der Waals surface area contributed by atoms with Gasteiger partial charge < -0.3 is 19.9 Å². The molecule has 0 spiro atoms. The smallest absolute Gasteiger partial charge is 0.325 e. The van der Waals surface area contributed by atoms with Crippen molar-refractivity contribution < 1.29 is 24.2 Å². The van der Waals surface area contributed by atoms with E-state index in [0.717, 1.165) is 17.1 Å². The predicted octanol–water partition coefficient (Wildman–Crippen LogP) is 2.72. The maximum Gasteiger partial charge on any atom is 0.325 e. The summed E-state index contributed by atoms with van der Waals surface area (Å²) in [5.74, 6) is 1.01. The average Bonchev–Trinajstić information content (AvgIpc) is 2.82. The van der Waals surface area contributed by atoms with E-state index < -0.39 is 17.7 Å². The monoisotopic (exact) mass is 378 g/mol. The molecule has 1 aliphatic heterocycles. The van der Waals surface area contributed by atoms with Crippen LogP contribution in [0.1, 0.15) is 46.5 Å². The minimum Gasteiger partial charge on any atom is -0.494 e. The first-order chi connectivity index (χ1) is 12.8. The molecule has 0 bridgehead atoms. The number of aliphatic hydroxyl groups is 1. The summed E-state index contributed by atoms with van der Waals surface area (Å²) in [7, 11) is 0. The molecule has 1 heterocycles. The second-order valence-electron chi connectivity index (χ2n) is 7.32. The largest absolute Gasteiger partial charge is 0.494 e. The van der Waals surface area contributed by atoms with Gasteiger partial charge in [-0.25, -0.2) is 4.79 Å². The molecule has 0 unspecified atom stereocenters. The number of benzene rings is 1. The van der Waals surface area contributed by atoms with Gasteiger partial charge in [-0.2, -0.15) is 0 Å². The van der Waals surface area contributed by atoms with E-state index in [4.69, 9.17) is 9.47 Å². The van der Waals surface area contributed by atoms with Crippen molar-refractivity contribution >= 4 is 11.9 Å². The summed E-state index contributed by atoms with van der Waals surface area (Å²) in [5, 5.41) is 12.7. The molecule has 0 saturated carbocycles. The van der Waals surface area contributed by atoms with Gasteiger partial charge >= 0.3 is 6.03 Å². The van der Waals surface area contributed by atoms with Crippen LogP contribution in [0.4, 0.5) is 4.79 Å². The van der Waals surface area contributed by atoms with Gasteiger partial charge in [0.2, 0.25) is 0 Å². The van der Waals surface area contributed by atoms with E-state index in [2.05, 4.69) is 12.2 Å². The molecule has 27 heavy (non-hydrogen) atoms. The fourth-order valence-corrected chi connectivity index (χ4v) is 2.79. The van der Waals surface area contributed by atoms with Gasteiger partial charge in [-0.05, 0) is 44.5 Å². The summed E-state index contributed by atoms with van der Waals surface area (Å²) in [6, 6.07) is 6.68. The number of hydrogen-bond donors (Lipinski definition) is 2. The zero-order valence-electron chi connectivity index (χ0n) is 16.4. The maximum absolute atomic E-state index is 12.1. The Kier molecular flexibility index (Phi) is 7.47. The van der Waals surface area contributed by atoms with Crippen molar-refractivity contribution in [1.82, 2.24) is 10.2 Å². The molecule has 1 aromatic carbocycles. The number of nitrogens with one attached hydrogen (secondary N) is 1. The Bertz CT molecular complexity index is 630. The maximum atomic E-state index is 12.1. The molecule has 150 valence electrons. The van der Waals surface area contributed by atoms with E-state index in [1.165, 1.54) is 19.3 Å². The van der Waals surface area contributed by atoms with Crippen molar-refractivity contribution in [2.24, 2.45) is 0 Å². The number of urea groups is 1. The van der Waals surface area contributed by atoms with Gasteiger partial charge in [-0.1, -0.05) is 26.2 Å². The lowest BCUT2D eigenvalue weighted by atomic mass is 10.1. The molecule has 7 heteroatoms. The summed E-state index contributed by atoms with van der Waals surface area (Å²) in [6.45, 7) is 6.01. The highest BCUT2D eigenvalue weighted by atomic mass is 16.5. The van der Waals surface area contributed by atoms with E-state index in [-0.39, 0.29) is 19.1 Å². The first kappa shape index (κ1) is 21.0. The molecule has 0 aliphatic carbocycles. The van der Waals surface area contributed by atoms with Crippen LogP contribution >= 0.6 is 0 Å². The highest BCUT2D eigenvalue weighted by Gasteiger charge is 2.44. The number of ether oxygens (including phenoxy) is 2. The Morgan fingerprint density at radius 3 is 2.26 bits per heavy atom. The van der Waals surface area contributed by atoms with Crippen LogP contribution in [0, 0.1) is 0 Å². The third-order valence-corrected chi connectivity index (χ3v) is 4.37. The Balaban J connectivity index is 1.73. The van der Waals surface area contributed by atoms with Gasteiger partial charge in [0.05, 0.1) is 13.2 Å². The number of rotatable bonds is 11. The minimum atomic E-state index is -0.969. The van der Waals surface area contributed by atoms with Crippen LogP contribution in [-0.4, -0.2) is 53.3 Å². The first-order valence-electron chi connectivity index (χ1n) is 9.51. The number of amides is 3. The normalized spacial score (nSPS) is 17.0. The molecule has 7 nitrogen and oxygen atoms in total. The number of unbranched alkanes of at least 4 members (excludes halogenated alkanes) is 3. The van der Waals surface area contributed by atoms with E-state index in [0.29, 0.717) is 12.4 Å². The number of β-amino-alcohol motifs (C(OH)–C–C–N with tert-alkyl or cyclic N) is 1. The Hall–Kier alpha value is -2.28. The summed E-state index contributed by atoms with van der Waals surface area (Å²) < 4.78 is 11.2. The number of carbonyl (C=O) groups is 2. The Morgan fingerprint density at radius 2 is 1.70 bits per heavy atom. The number of imide groups is 1. The molecule has 0 radical (unpaired) electrons. The van der Waals surface area contributed by atoms with Crippen molar-refractivity contribution in [3.05, 3.63) is 24.3 Å². The SMILES string of the molecule is CCCCCCOc1ccc(OC[C@H](O)CN2C(=O)NC(C)(C)C2=O)cc1. The summed E-state index contributed by atoms with van der Waals surface area (Å²) in [5.41, 5.74) is -0.940. The molecule has 1 atom stereocenters. The molecule has 1 aliphatic rings. The second-order valence-corrected chi connectivity index (χ2v) is 7.32. The summed E-state index contributed by atoms with van der Waals surface area (Å²) in [4.78, 5) is 24.9. The zero-order chi connectivity index (χ0) is 19.9. The number of hydrogen-bond acceptors (Lipinski definition) is 5. The van der Waals surface area contributed by atoms with E-state index in [9.17, 15) is 14.7 Å². The average molecular weight is 378 g/mol. The molecule has 1 aromatic rings. The number of carbonyl (C=O) groups excluding carboxylic acids is 2. The van der Waals surface area contributed by atoms with Crippen molar-refractivity contribution in [1.29, 1.82) is 0 Å². The van der Waals surface area contributed by atoms with Gasteiger partial charge in [0.25, 0.3) is 5.91 Å². The van der Waals surface area contributed by atoms with Crippen LogP contribution in [0.25, 0.3) is 0 Å². The van der Waals surface area contributed by atoms with Gasteiger partial charge in [0, 0.05) is 0 Å². The third-order valence-electron chi connectivity index (χ3n) is 4.37. The van der Waals surface area contributed by atoms with Crippen molar-refractivity contribution in [2.45, 2.75) is 58.1 Å². The molecule has 0 aromatic heterocycles. The lowest BCUT2D eigenvalue weighted by molar-refractivity contribution is -0.131. The van der Waals surface area contributed by atoms with Crippen molar-refractivity contribution in [3.8, 4) is 11.5 Å². The number of aliphatic hydroxyl groups excluding tert-OH is 1. The van der Waals surface area contributed by atoms with Crippen molar-refractivity contribution in [3.63, 3.8) is 0 Å². The van der Waals surface area contributed by atoms with Crippen LogP contribution in [0.15, 0.2) is 24.3 Å². The van der Waals surface area contributed by atoms with Gasteiger partial charge in [-0.3, -0.25) is 9.69 Å². The number of nitrogens with zero attached hydrogens (tertiary/aromatic N) is 1. The molecule has 2 rings (SSSR count). The van der Waals surface area contributed by atoms with Crippen LogP contribution in [0.5, 0.6) is 11.5 Å². The van der Waals surface area contributed by atoms with E-state index >= 15 is 0 Å². The highest BCUT2D eigenvalue weighted by molar-refractivity contribution is 6.06. The summed E-state index contributed by atoms with van der Waals surface area (Å²) >= 11 is 0. The molecular formula is C20H30N2O5. The predicted molar refractivity (Wildman–Crippen MR) is 102 cm³/mol. The highest BCUT2D eigenvalue weighted by Crippen LogP contribution is 2.19. The van der Waals surface area contributed by atoms with Crippen molar-refractivity contribution in [2.75, 3.05) is 19.8 Å². The fourth-order valence-electron chi connectivity index (χ4n) is 2.79. The molecule has 2 N–H and O–H groups in total. The third kappa shape index (κ3) is 6.13. The fraction of sp³-hybridized carbons (Fsp3) is 0.600. The lowest BCUT2D eigenvalue weighted by Gasteiger charge is -2.19. The topological polar surface area (TPSA) is 88.1 Å². The van der Waals surface area contributed by atoms with Crippen LogP contribution < -0.4 is 14.8 Å². The molecular weight excluding hydrogens is 348 g/mol. The van der Waals surface area contributed by atoms with E-state index in [1.54, 1.807) is 26.0 Å². The molecule has 3 amide bonds. The molecule has 1 fully saturated rings. The van der Waals surface area contributed by atoms with Crippen LogP contribution in [0.3, 0.4) is 0 Å². The summed E-state index contributed by atoms with van der Waals surface area (Å²) in [6.07, 6.45) is 3.66. The minimum absolute atomic E-state index is 0.0191. The zero-order valence-corrected chi connectivity index (χ0v) is 16.4. The quantitative estimate of drug-likeness (QED) is 0.457. The van der Waals surface area contributed by atoms with Gasteiger partial charge in [-0.15, -0.1) is 0 Å². The molecule has 1 saturated heterocycles. The second kappa shape index (κ2) is 9.60. The Labute approximate surface area is 160 Å². The Morgan fingerprint density at radius 1 is 1.07 bits per heavy atom. The standard InChI is InChI=1S/C20H30N2O5/c1-4-5-6-7-12-26-16-8-10-17(11-9-16)27-14-15(23)13-22-18(24)20(2,3)21-19(22)25/h8-11,15,23H,4-7,12-14H2,1-3H3,(H,21,25)/t15-/m1/s1. The lowest BCUT2D eigenvalue weighted by Crippen LogP contribution is -2.42. The van der Waals surface area contributed by atoms with Crippen LogP contribution in [0.2, 0.25) is 0 Å². The van der Waals surface area contributed by atoms with E-state index in [1.807, 2.05) is 12.1 Å². The van der Waals surface area contributed by atoms with Crippen LogP contribution in [-0.2, 0) is 4.79 Å². The first-order valence-corrected chi connectivity index (χ1v) is 9.51. The van der Waals surface area contributed by atoms with Gasteiger partial charge in [0.1, 0.15) is 29.7 Å². The van der Waals surface area contributed by atoms with Gasteiger partial charge in [0.15, 0.2) is 0 Å².